The lowest BCUT2D eigenvalue weighted by Gasteiger charge is -2.19. The van der Waals surface area contributed by atoms with Crippen molar-refractivity contribution in [2.24, 2.45) is 17.2 Å². The van der Waals surface area contributed by atoms with E-state index in [-0.39, 0.29) is 12.2 Å². The minimum absolute atomic E-state index is 0.0570. The van der Waals surface area contributed by atoms with Crippen LogP contribution in [-0.4, -0.2) is 27.3 Å². The zero-order valence-electron chi connectivity index (χ0n) is 15.5. The number of hydrogen-bond acceptors (Lipinski definition) is 7. The molecular weight excluding hydrogens is 348 g/mol. The van der Waals surface area contributed by atoms with Crippen molar-refractivity contribution in [3.63, 3.8) is 0 Å². The number of nitrogens with one attached hydrogen (secondary N) is 1. The fraction of sp³-hybridized carbons (Fsp3) is 0.278. The Morgan fingerprint density at radius 1 is 1.30 bits per heavy atom. The van der Waals surface area contributed by atoms with E-state index in [4.69, 9.17) is 21.9 Å². The lowest BCUT2D eigenvalue weighted by molar-refractivity contribution is -0.155. The van der Waals surface area contributed by atoms with Gasteiger partial charge in [-0.1, -0.05) is 0 Å². The maximum atomic E-state index is 12.1. The van der Waals surface area contributed by atoms with E-state index in [0.717, 1.165) is 0 Å². The lowest BCUT2D eigenvalue weighted by atomic mass is 10.1. The first kappa shape index (κ1) is 19.8. The van der Waals surface area contributed by atoms with Gasteiger partial charge < -0.3 is 27.3 Å². The van der Waals surface area contributed by atoms with Gasteiger partial charge in [0.15, 0.2) is 5.69 Å². The largest absolute Gasteiger partial charge is 0.459 e. The molecule has 0 spiro atoms. The molecule has 27 heavy (non-hydrogen) atoms. The van der Waals surface area contributed by atoms with Crippen LogP contribution in [0.25, 0.3) is 10.9 Å². The second-order valence-electron chi connectivity index (χ2n) is 6.82. The molecule has 0 unspecified atom stereocenters. The molecule has 0 radical (unpaired) electrons. The van der Waals surface area contributed by atoms with Crippen LogP contribution in [0.2, 0.25) is 0 Å². The Labute approximate surface area is 156 Å². The lowest BCUT2D eigenvalue weighted by Crippen LogP contribution is -2.27. The van der Waals surface area contributed by atoms with Crippen molar-refractivity contribution in [2.45, 2.75) is 32.9 Å². The Kier molecular flexibility index (Phi) is 5.74. The predicted molar refractivity (Wildman–Crippen MR) is 103 cm³/mol. The number of hydrogen-bond donors (Lipinski definition) is 4. The summed E-state index contributed by atoms with van der Waals surface area (Å²) >= 11 is 0. The van der Waals surface area contributed by atoms with Crippen LogP contribution in [0, 0.1) is 0 Å². The highest BCUT2D eigenvalue weighted by atomic mass is 16.6. The Hall–Kier alpha value is -3.49. The first-order valence-corrected chi connectivity index (χ1v) is 8.24. The number of esters is 1. The first-order chi connectivity index (χ1) is 12.6. The fourth-order valence-corrected chi connectivity index (χ4v) is 2.42. The highest BCUT2D eigenvalue weighted by molar-refractivity contribution is 6.05. The molecule has 7 N–H and O–H groups in total. The average Bonchev–Trinajstić information content (AvgIpc) is 2.89. The molecule has 0 aliphatic carbocycles. The standard InChI is InChI=1S/C18H24N6O3/c1-18(2,3)27-15(25)10-24-13-7-6-11(22-14(20)5-4-8-19)9-12(13)16(23-24)17(21)26/h4-9,22H,10,19-20H2,1-3H3,(H2,21,26)/b8-4-,14-5+. The molecule has 0 bridgehead atoms. The number of carbonyl (C=O) groups is 2. The summed E-state index contributed by atoms with van der Waals surface area (Å²) in [6.07, 6.45) is 4.52. The third-order valence-corrected chi connectivity index (χ3v) is 3.36. The summed E-state index contributed by atoms with van der Waals surface area (Å²) in [6.45, 7) is 5.18. The van der Waals surface area contributed by atoms with Gasteiger partial charge in [-0.3, -0.25) is 14.3 Å². The Bertz CT molecular complexity index is 921. The molecule has 0 aliphatic rings. The van der Waals surface area contributed by atoms with Gasteiger partial charge in [-0.2, -0.15) is 5.10 Å². The van der Waals surface area contributed by atoms with Gasteiger partial charge in [0.25, 0.3) is 5.91 Å². The van der Waals surface area contributed by atoms with Crippen LogP contribution in [0.5, 0.6) is 0 Å². The van der Waals surface area contributed by atoms with E-state index in [1.165, 1.54) is 10.9 Å². The molecule has 9 nitrogen and oxygen atoms in total. The molecule has 0 fully saturated rings. The van der Waals surface area contributed by atoms with Crippen LogP contribution in [0.15, 0.2) is 42.4 Å². The molecule has 2 rings (SSSR count). The van der Waals surface area contributed by atoms with Crippen LogP contribution in [0.1, 0.15) is 31.3 Å². The molecule has 1 heterocycles. The summed E-state index contributed by atoms with van der Waals surface area (Å²) in [6, 6.07) is 5.14. The number of rotatable bonds is 6. The molecule has 0 saturated carbocycles. The minimum Gasteiger partial charge on any atom is -0.459 e. The van der Waals surface area contributed by atoms with Gasteiger partial charge in [-0.15, -0.1) is 0 Å². The second-order valence-corrected chi connectivity index (χ2v) is 6.82. The van der Waals surface area contributed by atoms with Crippen molar-refractivity contribution in [1.82, 2.24) is 9.78 Å². The van der Waals surface area contributed by atoms with Gasteiger partial charge in [0, 0.05) is 11.1 Å². The van der Waals surface area contributed by atoms with E-state index >= 15 is 0 Å². The number of allylic oxidation sites excluding steroid dienone is 2. The zero-order chi connectivity index (χ0) is 20.2. The van der Waals surface area contributed by atoms with Gasteiger partial charge >= 0.3 is 5.97 Å². The summed E-state index contributed by atoms with van der Waals surface area (Å²) in [5.74, 6) is -0.807. The Morgan fingerprint density at radius 2 is 2.00 bits per heavy atom. The SMILES string of the molecule is CC(C)(C)OC(=O)Cn1nc(C(N)=O)c2cc(N/C(N)=C/C=C\N)ccc21. The van der Waals surface area contributed by atoms with E-state index in [1.54, 1.807) is 51.1 Å². The quantitative estimate of drug-likeness (QED) is 0.438. The van der Waals surface area contributed by atoms with E-state index in [0.29, 0.717) is 22.4 Å². The normalized spacial score (nSPS) is 12.5. The minimum atomic E-state index is -0.699. The fourth-order valence-electron chi connectivity index (χ4n) is 2.42. The molecule has 9 heteroatoms. The summed E-state index contributed by atoms with van der Waals surface area (Å²) in [5.41, 5.74) is 17.2. The Morgan fingerprint density at radius 3 is 2.59 bits per heavy atom. The van der Waals surface area contributed by atoms with Crippen LogP contribution in [0.4, 0.5) is 5.69 Å². The van der Waals surface area contributed by atoms with Gasteiger partial charge in [-0.05, 0) is 57.3 Å². The van der Waals surface area contributed by atoms with Crippen LogP contribution < -0.4 is 22.5 Å². The number of nitrogens with zero attached hydrogens (tertiary/aromatic N) is 2. The molecule has 144 valence electrons. The highest BCUT2D eigenvalue weighted by Gasteiger charge is 2.20. The van der Waals surface area contributed by atoms with Crippen molar-refractivity contribution >= 4 is 28.5 Å². The maximum Gasteiger partial charge on any atom is 0.328 e. The topological polar surface area (TPSA) is 151 Å². The van der Waals surface area contributed by atoms with E-state index in [2.05, 4.69) is 10.4 Å². The van der Waals surface area contributed by atoms with Crippen molar-refractivity contribution < 1.29 is 14.3 Å². The molecule has 0 atom stereocenters. The third kappa shape index (κ3) is 5.24. The second kappa shape index (κ2) is 7.81. The summed E-state index contributed by atoms with van der Waals surface area (Å²) < 4.78 is 6.70. The molecule has 1 aromatic carbocycles. The number of ether oxygens (including phenoxy) is 1. The number of nitrogens with two attached hydrogens (primary N) is 3. The number of primary amides is 1. The van der Waals surface area contributed by atoms with Gasteiger partial charge in [-0.25, -0.2) is 0 Å². The van der Waals surface area contributed by atoms with Crippen LogP contribution in [-0.2, 0) is 16.1 Å². The molecular formula is C18H24N6O3. The molecule has 2 aromatic rings. The maximum absolute atomic E-state index is 12.1. The van der Waals surface area contributed by atoms with Crippen molar-refractivity contribution in [1.29, 1.82) is 0 Å². The Balaban J connectivity index is 2.38. The number of fused-ring (bicyclic) bond motifs is 1. The monoisotopic (exact) mass is 372 g/mol. The number of aromatic nitrogens is 2. The van der Waals surface area contributed by atoms with E-state index < -0.39 is 17.5 Å². The van der Waals surface area contributed by atoms with Crippen molar-refractivity contribution in [3.8, 4) is 0 Å². The highest BCUT2D eigenvalue weighted by Crippen LogP contribution is 2.23. The molecule has 1 amide bonds. The average molecular weight is 372 g/mol. The number of carbonyl (C=O) groups excluding carboxylic acids is 2. The predicted octanol–water partition coefficient (Wildman–Crippen LogP) is 1.16. The van der Waals surface area contributed by atoms with E-state index in [1.807, 2.05) is 0 Å². The number of benzene rings is 1. The van der Waals surface area contributed by atoms with Crippen molar-refractivity contribution in [3.05, 3.63) is 48.1 Å². The van der Waals surface area contributed by atoms with Crippen LogP contribution in [0.3, 0.4) is 0 Å². The summed E-state index contributed by atoms with van der Waals surface area (Å²) in [7, 11) is 0. The number of amides is 1. The zero-order valence-corrected chi connectivity index (χ0v) is 15.5. The van der Waals surface area contributed by atoms with E-state index in [9.17, 15) is 9.59 Å². The van der Waals surface area contributed by atoms with Crippen molar-refractivity contribution in [2.75, 3.05) is 5.32 Å². The van der Waals surface area contributed by atoms with Gasteiger partial charge in [0.1, 0.15) is 18.0 Å². The molecule has 1 aromatic heterocycles. The molecule has 0 saturated heterocycles. The molecule has 0 aliphatic heterocycles. The van der Waals surface area contributed by atoms with Crippen LogP contribution >= 0.6 is 0 Å². The first-order valence-electron chi connectivity index (χ1n) is 8.24. The third-order valence-electron chi connectivity index (χ3n) is 3.36. The summed E-state index contributed by atoms with van der Waals surface area (Å²) in [5, 5.41) is 7.63. The number of anilines is 1. The smallest absolute Gasteiger partial charge is 0.328 e. The van der Waals surface area contributed by atoms with Gasteiger partial charge in [0.2, 0.25) is 0 Å². The summed E-state index contributed by atoms with van der Waals surface area (Å²) in [4.78, 5) is 23.9. The van der Waals surface area contributed by atoms with Gasteiger partial charge in [0.05, 0.1) is 5.52 Å².